The highest BCUT2D eigenvalue weighted by molar-refractivity contribution is 5.82. The average molecular weight is 501 g/mol. The summed E-state index contributed by atoms with van der Waals surface area (Å²) >= 11 is 0. The van der Waals surface area contributed by atoms with Gasteiger partial charge in [0.15, 0.2) is 0 Å². The third kappa shape index (κ3) is 10.1. The number of ether oxygens (including phenoxy) is 2. The van der Waals surface area contributed by atoms with Crippen molar-refractivity contribution >= 4 is 17.7 Å². The molecule has 0 saturated heterocycles. The largest absolute Gasteiger partial charge is 0.497 e. The minimum atomic E-state index is -1.03. The number of anilines is 1. The number of carboxylic acid groups (broad SMARTS) is 1. The normalized spacial score (nSPS) is 11.7. The predicted octanol–water partition coefficient (Wildman–Crippen LogP) is 3.38. The molecule has 0 radical (unpaired) electrons. The second-order valence-electron chi connectivity index (χ2n) is 8.62. The molecule has 1 aromatic carbocycles. The molecule has 0 aliphatic heterocycles. The van der Waals surface area contributed by atoms with Gasteiger partial charge in [0.05, 0.1) is 7.11 Å². The number of hydrogen-bond donors (Lipinski definition) is 3. The van der Waals surface area contributed by atoms with Crippen molar-refractivity contribution in [2.75, 3.05) is 45.7 Å². The average Bonchev–Trinajstić information content (AvgIpc) is 2.88. The molecule has 1 heterocycles. The number of rotatable bonds is 17. The van der Waals surface area contributed by atoms with E-state index in [-0.39, 0.29) is 5.91 Å². The molecule has 1 unspecified atom stereocenters. The molecular formula is C27H40N4O5. The van der Waals surface area contributed by atoms with Crippen LogP contribution >= 0.6 is 0 Å². The Hall–Kier alpha value is -3.33. The zero-order chi connectivity index (χ0) is 26.3. The Morgan fingerprint density at radius 1 is 1.06 bits per heavy atom. The number of aryl methyl sites for hydroxylation is 2. The van der Waals surface area contributed by atoms with Gasteiger partial charge in [-0.2, -0.15) is 0 Å². The number of methoxy groups -OCH3 is 1. The summed E-state index contributed by atoms with van der Waals surface area (Å²) in [6.07, 6.45) is 4.03. The molecule has 0 aliphatic carbocycles. The Bertz CT molecular complexity index is 952. The smallest absolute Gasteiger partial charge is 0.326 e. The van der Waals surface area contributed by atoms with Crippen LogP contribution in [0.2, 0.25) is 0 Å². The molecular weight excluding hydrogens is 460 g/mol. The first-order valence-corrected chi connectivity index (χ1v) is 12.5. The van der Waals surface area contributed by atoms with E-state index in [9.17, 15) is 14.7 Å². The third-order valence-electron chi connectivity index (χ3n) is 5.96. The summed E-state index contributed by atoms with van der Waals surface area (Å²) in [5, 5.41) is 15.1. The number of carboxylic acids is 1. The molecule has 2 rings (SSSR count). The Balaban J connectivity index is 1.90. The van der Waals surface area contributed by atoms with Crippen LogP contribution in [-0.4, -0.2) is 73.3 Å². The van der Waals surface area contributed by atoms with E-state index in [1.807, 2.05) is 31.3 Å². The molecule has 1 amide bonds. The van der Waals surface area contributed by atoms with E-state index >= 15 is 0 Å². The standard InChI is InChI=1S/C27H40N4O5/c1-5-21-9-10-22(30-26(21)28-3)8-6-7-16-31(17-15-25(27(33)34)29-20(2)32)18-19-36-24-13-11-23(35-4)12-14-24/h9-14,25H,5-8,15-19H2,1-4H3,(H,28,30)(H,29,32)(H,33,34). The van der Waals surface area contributed by atoms with Gasteiger partial charge >= 0.3 is 5.97 Å². The number of nitrogens with zero attached hydrogens (tertiary/aromatic N) is 2. The van der Waals surface area contributed by atoms with E-state index in [1.165, 1.54) is 12.5 Å². The molecule has 0 aliphatic rings. The van der Waals surface area contributed by atoms with Crippen molar-refractivity contribution in [1.82, 2.24) is 15.2 Å². The quantitative estimate of drug-likeness (QED) is 0.283. The fourth-order valence-corrected chi connectivity index (χ4v) is 3.93. The van der Waals surface area contributed by atoms with Crippen LogP contribution in [0.1, 0.15) is 44.4 Å². The molecule has 0 fully saturated rings. The van der Waals surface area contributed by atoms with Gasteiger partial charge in [0.25, 0.3) is 0 Å². The van der Waals surface area contributed by atoms with Crippen LogP contribution in [0.5, 0.6) is 11.5 Å². The van der Waals surface area contributed by atoms with Crippen molar-refractivity contribution in [3.8, 4) is 11.5 Å². The number of aromatic nitrogens is 1. The minimum absolute atomic E-state index is 0.322. The Labute approximate surface area is 214 Å². The molecule has 198 valence electrons. The summed E-state index contributed by atoms with van der Waals surface area (Å²) in [7, 11) is 3.51. The van der Waals surface area contributed by atoms with Crippen LogP contribution in [0.15, 0.2) is 36.4 Å². The van der Waals surface area contributed by atoms with Crippen molar-refractivity contribution in [1.29, 1.82) is 0 Å². The molecule has 2 aromatic rings. The first-order valence-electron chi connectivity index (χ1n) is 12.5. The lowest BCUT2D eigenvalue weighted by Gasteiger charge is -2.24. The molecule has 1 atom stereocenters. The van der Waals surface area contributed by atoms with Crippen LogP contribution in [0, 0.1) is 0 Å². The van der Waals surface area contributed by atoms with Gasteiger partial charge in [-0.25, -0.2) is 9.78 Å². The number of carbonyl (C=O) groups excluding carboxylic acids is 1. The highest BCUT2D eigenvalue weighted by Gasteiger charge is 2.19. The van der Waals surface area contributed by atoms with E-state index in [4.69, 9.17) is 14.5 Å². The fraction of sp³-hybridized carbons (Fsp3) is 0.519. The lowest BCUT2D eigenvalue weighted by molar-refractivity contribution is -0.141. The van der Waals surface area contributed by atoms with Gasteiger partial charge in [0, 0.05) is 32.8 Å². The van der Waals surface area contributed by atoms with Crippen molar-refractivity contribution in [2.45, 2.75) is 52.0 Å². The SMILES string of the molecule is CCc1ccc(CCCCN(CCOc2ccc(OC)cc2)CCC(NC(C)=O)C(=O)O)nc1NC. The maximum absolute atomic E-state index is 11.5. The number of unbranched alkanes of at least 4 members (excludes halogenated alkanes) is 1. The van der Waals surface area contributed by atoms with Gasteiger partial charge in [-0.1, -0.05) is 13.0 Å². The van der Waals surface area contributed by atoms with E-state index in [2.05, 4.69) is 34.6 Å². The van der Waals surface area contributed by atoms with Crippen molar-refractivity contribution in [2.24, 2.45) is 0 Å². The predicted molar refractivity (Wildman–Crippen MR) is 141 cm³/mol. The lowest BCUT2D eigenvalue weighted by Crippen LogP contribution is -2.42. The van der Waals surface area contributed by atoms with Gasteiger partial charge < -0.3 is 25.2 Å². The maximum atomic E-state index is 11.5. The Kier molecular flexibility index (Phi) is 12.5. The number of nitrogens with one attached hydrogen (secondary N) is 2. The van der Waals surface area contributed by atoms with E-state index in [0.29, 0.717) is 26.1 Å². The monoisotopic (exact) mass is 500 g/mol. The molecule has 9 heteroatoms. The highest BCUT2D eigenvalue weighted by atomic mass is 16.5. The lowest BCUT2D eigenvalue weighted by atomic mass is 10.1. The van der Waals surface area contributed by atoms with Crippen LogP contribution < -0.4 is 20.1 Å². The molecule has 0 bridgehead atoms. The van der Waals surface area contributed by atoms with Gasteiger partial charge in [-0.15, -0.1) is 0 Å². The molecule has 36 heavy (non-hydrogen) atoms. The van der Waals surface area contributed by atoms with Crippen LogP contribution in [0.25, 0.3) is 0 Å². The number of aliphatic carboxylic acids is 1. The summed E-state index contributed by atoms with van der Waals surface area (Å²) in [6, 6.07) is 10.7. The van der Waals surface area contributed by atoms with Crippen molar-refractivity contribution < 1.29 is 24.2 Å². The Morgan fingerprint density at radius 2 is 1.78 bits per heavy atom. The topological polar surface area (TPSA) is 113 Å². The number of hydrogen-bond acceptors (Lipinski definition) is 7. The van der Waals surface area contributed by atoms with Crippen LogP contribution in [-0.2, 0) is 22.4 Å². The van der Waals surface area contributed by atoms with Crippen LogP contribution in [0.3, 0.4) is 0 Å². The first kappa shape index (κ1) is 28.9. The minimum Gasteiger partial charge on any atom is -0.497 e. The summed E-state index contributed by atoms with van der Waals surface area (Å²) in [5.41, 5.74) is 2.26. The number of carbonyl (C=O) groups is 2. The van der Waals surface area contributed by atoms with Crippen molar-refractivity contribution in [3.05, 3.63) is 47.7 Å². The van der Waals surface area contributed by atoms with Gasteiger partial charge in [-0.05, 0) is 74.5 Å². The van der Waals surface area contributed by atoms with E-state index < -0.39 is 12.0 Å². The Morgan fingerprint density at radius 3 is 2.39 bits per heavy atom. The highest BCUT2D eigenvalue weighted by Crippen LogP contribution is 2.17. The summed E-state index contributed by atoms with van der Waals surface area (Å²) in [5.74, 6) is 1.08. The molecule has 1 aromatic heterocycles. The van der Waals surface area contributed by atoms with Gasteiger partial charge in [0.1, 0.15) is 30.0 Å². The molecule has 0 saturated carbocycles. The zero-order valence-electron chi connectivity index (χ0n) is 21.9. The molecule has 0 spiro atoms. The maximum Gasteiger partial charge on any atom is 0.326 e. The summed E-state index contributed by atoms with van der Waals surface area (Å²) in [6.45, 7) is 5.89. The first-order chi connectivity index (χ1) is 17.4. The summed E-state index contributed by atoms with van der Waals surface area (Å²) in [4.78, 5) is 29.8. The molecule has 9 nitrogen and oxygen atoms in total. The van der Waals surface area contributed by atoms with Crippen molar-refractivity contribution in [3.63, 3.8) is 0 Å². The zero-order valence-corrected chi connectivity index (χ0v) is 21.9. The number of pyridine rings is 1. The van der Waals surface area contributed by atoms with Gasteiger partial charge in [0.2, 0.25) is 5.91 Å². The van der Waals surface area contributed by atoms with E-state index in [1.54, 1.807) is 7.11 Å². The fourth-order valence-electron chi connectivity index (χ4n) is 3.93. The summed E-state index contributed by atoms with van der Waals surface area (Å²) < 4.78 is 11.1. The second kappa shape index (κ2) is 15.6. The number of amides is 1. The van der Waals surface area contributed by atoms with Gasteiger partial charge in [-0.3, -0.25) is 9.69 Å². The second-order valence-corrected chi connectivity index (χ2v) is 8.62. The molecule has 3 N–H and O–H groups in total. The van der Waals surface area contributed by atoms with E-state index in [0.717, 1.165) is 55.2 Å². The van der Waals surface area contributed by atoms with Crippen LogP contribution in [0.4, 0.5) is 5.82 Å². The third-order valence-corrected chi connectivity index (χ3v) is 5.96. The number of benzene rings is 1.